The molecule has 0 spiro atoms. The second-order valence-corrected chi connectivity index (χ2v) is 3.39. The molecule has 16 heavy (non-hydrogen) atoms. The Morgan fingerprint density at radius 2 is 2.00 bits per heavy atom. The van der Waals surface area contributed by atoms with Crippen LogP contribution >= 0.6 is 0 Å². The van der Waals surface area contributed by atoms with Crippen LogP contribution in [0.2, 0.25) is 0 Å². The van der Waals surface area contributed by atoms with Crippen LogP contribution in [-0.2, 0) is 14.3 Å². The number of aliphatic carboxylic acids is 1. The fraction of sp³-hybridized carbons (Fsp3) is 0.667. The third-order valence-corrected chi connectivity index (χ3v) is 1.76. The SMILES string of the molecule is COC(=O)N(C)CC(=O)NC(C)CC(=O)O. The molecule has 1 atom stereocenters. The number of hydrogen-bond donors (Lipinski definition) is 2. The van der Waals surface area contributed by atoms with Gasteiger partial charge < -0.3 is 20.1 Å². The van der Waals surface area contributed by atoms with Gasteiger partial charge >= 0.3 is 12.1 Å². The van der Waals surface area contributed by atoms with Crippen molar-refractivity contribution in [3.63, 3.8) is 0 Å². The van der Waals surface area contributed by atoms with Crippen LogP contribution in [-0.4, -0.2) is 54.7 Å². The maximum absolute atomic E-state index is 11.3. The third-order valence-electron chi connectivity index (χ3n) is 1.76. The van der Waals surface area contributed by atoms with E-state index in [0.717, 1.165) is 4.90 Å². The molecule has 0 fully saturated rings. The Labute approximate surface area is 93.4 Å². The van der Waals surface area contributed by atoms with Crippen LogP contribution < -0.4 is 5.32 Å². The zero-order valence-electron chi connectivity index (χ0n) is 9.52. The van der Waals surface area contributed by atoms with E-state index >= 15 is 0 Å². The van der Waals surface area contributed by atoms with E-state index in [1.54, 1.807) is 6.92 Å². The maximum Gasteiger partial charge on any atom is 0.409 e. The minimum absolute atomic E-state index is 0.159. The number of ether oxygens (including phenoxy) is 1. The average molecular weight is 232 g/mol. The summed E-state index contributed by atoms with van der Waals surface area (Å²) in [5.41, 5.74) is 0. The summed E-state index contributed by atoms with van der Waals surface area (Å²) in [6.07, 6.45) is -0.783. The van der Waals surface area contributed by atoms with E-state index in [1.165, 1.54) is 14.2 Å². The second kappa shape index (κ2) is 6.65. The number of likely N-dealkylation sites (N-methyl/N-ethyl adjacent to an activating group) is 1. The average Bonchev–Trinajstić information content (AvgIpc) is 2.14. The molecule has 0 aromatic heterocycles. The van der Waals surface area contributed by atoms with Crippen LogP contribution in [0.1, 0.15) is 13.3 Å². The van der Waals surface area contributed by atoms with Gasteiger partial charge in [-0.3, -0.25) is 9.59 Å². The lowest BCUT2D eigenvalue weighted by molar-refractivity contribution is -0.137. The predicted octanol–water partition coefficient (Wildman–Crippen LogP) is -0.336. The van der Waals surface area contributed by atoms with Gasteiger partial charge in [-0.1, -0.05) is 0 Å². The van der Waals surface area contributed by atoms with E-state index in [2.05, 4.69) is 10.1 Å². The highest BCUT2D eigenvalue weighted by Crippen LogP contribution is 1.92. The number of rotatable bonds is 5. The van der Waals surface area contributed by atoms with Gasteiger partial charge in [-0.2, -0.15) is 0 Å². The van der Waals surface area contributed by atoms with Crippen molar-refractivity contribution in [3.8, 4) is 0 Å². The van der Waals surface area contributed by atoms with E-state index in [1.807, 2.05) is 0 Å². The molecule has 0 saturated heterocycles. The highest BCUT2D eigenvalue weighted by Gasteiger charge is 2.15. The maximum atomic E-state index is 11.3. The van der Waals surface area contributed by atoms with Gasteiger partial charge in [-0.15, -0.1) is 0 Å². The van der Waals surface area contributed by atoms with Crippen molar-refractivity contribution in [2.24, 2.45) is 0 Å². The van der Waals surface area contributed by atoms with Gasteiger partial charge in [-0.05, 0) is 6.92 Å². The van der Waals surface area contributed by atoms with E-state index < -0.39 is 24.0 Å². The van der Waals surface area contributed by atoms with Crippen molar-refractivity contribution < 1.29 is 24.2 Å². The van der Waals surface area contributed by atoms with Crippen LogP contribution in [0.3, 0.4) is 0 Å². The molecule has 7 nitrogen and oxygen atoms in total. The molecular formula is C9H16N2O5. The standard InChI is InChI=1S/C9H16N2O5/c1-6(4-8(13)14)10-7(12)5-11(2)9(15)16-3/h6H,4-5H2,1-3H3,(H,10,12)(H,13,14). The van der Waals surface area contributed by atoms with E-state index in [0.29, 0.717) is 0 Å². The van der Waals surface area contributed by atoms with Crippen LogP contribution in [0.4, 0.5) is 4.79 Å². The largest absolute Gasteiger partial charge is 0.481 e. The summed E-state index contributed by atoms with van der Waals surface area (Å²) in [4.78, 5) is 33.7. The first-order valence-electron chi connectivity index (χ1n) is 4.67. The molecule has 0 aromatic carbocycles. The summed E-state index contributed by atoms with van der Waals surface area (Å²) >= 11 is 0. The minimum Gasteiger partial charge on any atom is -0.481 e. The normalized spacial score (nSPS) is 11.4. The number of carboxylic acid groups (broad SMARTS) is 1. The molecule has 2 amide bonds. The second-order valence-electron chi connectivity index (χ2n) is 3.39. The van der Waals surface area contributed by atoms with Crippen LogP contribution in [0.25, 0.3) is 0 Å². The van der Waals surface area contributed by atoms with Crippen molar-refractivity contribution in [3.05, 3.63) is 0 Å². The Balaban J connectivity index is 3.98. The molecule has 0 aromatic rings. The summed E-state index contributed by atoms with van der Waals surface area (Å²) in [5.74, 6) is -1.42. The van der Waals surface area contributed by atoms with Gasteiger partial charge in [0.2, 0.25) is 5.91 Å². The van der Waals surface area contributed by atoms with Crippen LogP contribution in [0.15, 0.2) is 0 Å². The van der Waals surface area contributed by atoms with Crippen molar-refractivity contribution >= 4 is 18.0 Å². The Kier molecular flexibility index (Phi) is 5.91. The molecule has 0 saturated carbocycles. The van der Waals surface area contributed by atoms with Crippen LogP contribution in [0, 0.1) is 0 Å². The topological polar surface area (TPSA) is 95.9 Å². The quantitative estimate of drug-likeness (QED) is 0.676. The van der Waals surface area contributed by atoms with Crippen molar-refractivity contribution in [1.82, 2.24) is 10.2 Å². The van der Waals surface area contributed by atoms with Gasteiger partial charge in [0.1, 0.15) is 6.54 Å². The van der Waals surface area contributed by atoms with E-state index in [-0.39, 0.29) is 13.0 Å². The highest BCUT2D eigenvalue weighted by molar-refractivity contribution is 5.82. The molecular weight excluding hydrogens is 216 g/mol. The lowest BCUT2D eigenvalue weighted by Gasteiger charge is -2.17. The lowest BCUT2D eigenvalue weighted by Crippen LogP contribution is -2.42. The number of nitrogens with zero attached hydrogens (tertiary/aromatic N) is 1. The van der Waals surface area contributed by atoms with Crippen molar-refractivity contribution in [2.75, 3.05) is 20.7 Å². The molecule has 0 aliphatic rings. The molecule has 0 rings (SSSR count). The van der Waals surface area contributed by atoms with Gasteiger partial charge in [-0.25, -0.2) is 4.79 Å². The van der Waals surface area contributed by atoms with Crippen molar-refractivity contribution in [1.29, 1.82) is 0 Å². The van der Waals surface area contributed by atoms with Crippen molar-refractivity contribution in [2.45, 2.75) is 19.4 Å². The number of carboxylic acids is 1. The number of methoxy groups -OCH3 is 1. The number of carbonyl (C=O) groups is 3. The Morgan fingerprint density at radius 3 is 2.44 bits per heavy atom. The fourth-order valence-electron chi connectivity index (χ4n) is 1.07. The van der Waals surface area contributed by atoms with Crippen LogP contribution in [0.5, 0.6) is 0 Å². The predicted molar refractivity (Wildman–Crippen MR) is 54.9 cm³/mol. The first-order valence-corrected chi connectivity index (χ1v) is 4.67. The molecule has 0 heterocycles. The number of carbonyl (C=O) groups excluding carboxylic acids is 2. The fourth-order valence-corrected chi connectivity index (χ4v) is 1.07. The number of amides is 2. The first kappa shape index (κ1) is 14.2. The Morgan fingerprint density at radius 1 is 1.44 bits per heavy atom. The molecule has 7 heteroatoms. The highest BCUT2D eigenvalue weighted by atomic mass is 16.5. The summed E-state index contributed by atoms with van der Waals surface area (Å²) in [5, 5.41) is 10.9. The molecule has 0 bridgehead atoms. The zero-order chi connectivity index (χ0) is 12.7. The molecule has 0 aliphatic carbocycles. The Hall–Kier alpha value is -1.79. The molecule has 0 radical (unpaired) electrons. The van der Waals surface area contributed by atoms with Gasteiger partial charge in [0, 0.05) is 13.1 Å². The monoisotopic (exact) mass is 232 g/mol. The summed E-state index contributed by atoms with van der Waals surface area (Å²) in [7, 11) is 2.62. The number of hydrogen-bond acceptors (Lipinski definition) is 4. The Bertz CT molecular complexity index is 279. The molecule has 0 aliphatic heterocycles. The number of nitrogens with one attached hydrogen (secondary N) is 1. The lowest BCUT2D eigenvalue weighted by atomic mass is 10.2. The summed E-state index contributed by atoms with van der Waals surface area (Å²) in [6, 6.07) is -0.476. The van der Waals surface area contributed by atoms with E-state index in [4.69, 9.17) is 5.11 Å². The molecule has 92 valence electrons. The third kappa shape index (κ3) is 5.84. The smallest absolute Gasteiger partial charge is 0.409 e. The van der Waals surface area contributed by atoms with Gasteiger partial charge in [0.15, 0.2) is 0 Å². The molecule has 2 N–H and O–H groups in total. The van der Waals surface area contributed by atoms with Gasteiger partial charge in [0.25, 0.3) is 0 Å². The molecule has 1 unspecified atom stereocenters. The van der Waals surface area contributed by atoms with E-state index in [9.17, 15) is 14.4 Å². The van der Waals surface area contributed by atoms with Gasteiger partial charge in [0.05, 0.1) is 13.5 Å². The summed E-state index contributed by atoms with van der Waals surface area (Å²) in [6.45, 7) is 1.40. The zero-order valence-corrected chi connectivity index (χ0v) is 9.52. The minimum atomic E-state index is -0.992. The summed E-state index contributed by atoms with van der Waals surface area (Å²) < 4.78 is 4.40. The first-order chi connectivity index (χ1) is 7.36.